The third kappa shape index (κ3) is 4.60. The Morgan fingerprint density at radius 3 is 1.07 bits per heavy atom. The first kappa shape index (κ1) is 40.6. The summed E-state index contributed by atoms with van der Waals surface area (Å²) in [5, 5.41) is 33.4. The molecular weight excluding hydrogens is 825 g/mol. The van der Waals surface area contributed by atoms with Crippen molar-refractivity contribution in [3.63, 3.8) is 0 Å². The Morgan fingerprint density at radius 1 is 0.397 bits per heavy atom. The van der Waals surface area contributed by atoms with Crippen LogP contribution in [0.15, 0.2) is 48.5 Å². The van der Waals surface area contributed by atoms with Crippen molar-refractivity contribution in [2.75, 3.05) is 0 Å². The number of aromatic nitrogens is 2. The summed E-state index contributed by atoms with van der Waals surface area (Å²) in [5.74, 6) is 0. The van der Waals surface area contributed by atoms with Gasteiger partial charge in [-0.15, -0.1) is 0 Å². The molecule has 8 aliphatic rings. The van der Waals surface area contributed by atoms with Crippen LogP contribution in [-0.2, 0) is 32.5 Å². The van der Waals surface area contributed by atoms with Gasteiger partial charge in [-0.2, -0.15) is 10.5 Å². The second kappa shape index (κ2) is 12.9. The number of benzene rings is 5. The monoisotopic (exact) mass is 891 g/mol. The number of nitriles is 2. The van der Waals surface area contributed by atoms with Gasteiger partial charge in [0.05, 0.1) is 56.4 Å². The van der Waals surface area contributed by atoms with Gasteiger partial charge in [-0.3, -0.25) is 0 Å². The molecule has 0 radical (unpaired) electrons. The van der Waals surface area contributed by atoms with E-state index in [2.05, 4.69) is 111 Å². The minimum Gasteiger partial charge on any atom is -0.308 e. The lowest BCUT2D eigenvalue weighted by molar-refractivity contribution is 0.189. The second-order valence-electron chi connectivity index (χ2n) is 25.4. The largest absolute Gasteiger partial charge is 0.308 e. The highest BCUT2D eigenvalue weighted by Crippen LogP contribution is 2.63. The van der Waals surface area contributed by atoms with Crippen molar-refractivity contribution in [2.24, 2.45) is 0 Å². The van der Waals surface area contributed by atoms with E-state index in [9.17, 15) is 10.5 Å². The van der Waals surface area contributed by atoms with Crippen molar-refractivity contribution in [1.29, 1.82) is 10.5 Å². The highest BCUT2D eigenvalue weighted by molar-refractivity contribution is 6.30. The Bertz CT molecular complexity index is 3550. The molecule has 0 N–H and O–H groups in total. The quantitative estimate of drug-likeness (QED) is 0.177. The summed E-state index contributed by atoms with van der Waals surface area (Å²) in [4.78, 5) is 0. The Balaban J connectivity index is 1.15. The number of hydrogen-bond donors (Lipinski definition) is 0. The summed E-state index contributed by atoms with van der Waals surface area (Å²) in [5.41, 5.74) is 18.8. The molecule has 5 aromatic carbocycles. The number of fused-ring (bicyclic) bond motifs is 16. The van der Waals surface area contributed by atoms with Gasteiger partial charge in [0.15, 0.2) is 0 Å². The molecule has 4 heteroatoms. The summed E-state index contributed by atoms with van der Waals surface area (Å²) in [6.45, 7) is 14.9. The highest BCUT2D eigenvalue weighted by atomic mass is 14.9. The summed E-state index contributed by atoms with van der Waals surface area (Å²) in [6, 6.07) is 26.1. The van der Waals surface area contributed by atoms with E-state index in [1.165, 1.54) is 225 Å². The predicted octanol–water partition coefficient (Wildman–Crippen LogP) is 17.2. The first-order valence-corrected chi connectivity index (χ1v) is 27.3. The lowest BCUT2D eigenvalue weighted by Crippen LogP contribution is -2.45. The molecule has 4 saturated carbocycles. The highest BCUT2D eigenvalue weighted by Gasteiger charge is 2.52. The van der Waals surface area contributed by atoms with Crippen molar-refractivity contribution in [2.45, 2.75) is 202 Å². The molecule has 0 spiro atoms. The van der Waals surface area contributed by atoms with Gasteiger partial charge >= 0.3 is 0 Å². The minimum absolute atomic E-state index is 0.0399. The van der Waals surface area contributed by atoms with Crippen LogP contribution in [0, 0.1) is 22.7 Å². The molecule has 0 saturated heterocycles. The summed E-state index contributed by atoms with van der Waals surface area (Å²) in [6.07, 6.45) is 24.6. The van der Waals surface area contributed by atoms with E-state index >= 15 is 0 Å². The lowest BCUT2D eigenvalue weighted by Gasteiger charge is -2.52. The maximum absolute atomic E-state index is 11.1. The maximum atomic E-state index is 11.1. The molecule has 4 bridgehead atoms. The van der Waals surface area contributed by atoms with Crippen molar-refractivity contribution in [3.05, 3.63) is 93.0 Å². The van der Waals surface area contributed by atoms with E-state index in [-0.39, 0.29) is 32.5 Å². The van der Waals surface area contributed by atoms with Crippen molar-refractivity contribution in [3.8, 4) is 12.1 Å². The van der Waals surface area contributed by atoms with E-state index in [4.69, 9.17) is 0 Å². The van der Waals surface area contributed by atoms with Gasteiger partial charge in [0.25, 0.3) is 0 Å². The number of nitrogens with zero attached hydrogens (tertiary/aromatic N) is 4. The fourth-order valence-electron chi connectivity index (χ4n) is 18.0. The molecule has 4 heterocycles. The summed E-state index contributed by atoms with van der Waals surface area (Å²) in [7, 11) is 0. The van der Waals surface area contributed by atoms with Crippen LogP contribution in [0.3, 0.4) is 0 Å². The Labute approximate surface area is 401 Å². The van der Waals surface area contributed by atoms with Crippen LogP contribution >= 0.6 is 0 Å². The Kier molecular flexibility index (Phi) is 7.69. The van der Waals surface area contributed by atoms with Crippen LogP contribution in [-0.4, -0.2) is 8.80 Å². The van der Waals surface area contributed by atoms with E-state index in [0.29, 0.717) is 0 Å². The minimum atomic E-state index is 0.0399. The average molecular weight is 891 g/mol. The van der Waals surface area contributed by atoms with Crippen molar-refractivity contribution in [1.82, 2.24) is 8.80 Å². The van der Waals surface area contributed by atoms with Crippen LogP contribution in [0.5, 0.6) is 0 Å². The molecule has 8 aliphatic carbocycles. The van der Waals surface area contributed by atoms with Gasteiger partial charge in [-0.1, -0.05) is 80.1 Å². The fraction of sp³-hybridized carbons (Fsp3) is 0.500. The molecular formula is C64H66N4. The van der Waals surface area contributed by atoms with Gasteiger partial charge in [-0.25, -0.2) is 0 Å². The molecule has 0 amide bonds. The first-order valence-electron chi connectivity index (χ1n) is 27.3. The normalized spacial score (nSPS) is 28.5. The van der Waals surface area contributed by atoms with Gasteiger partial charge < -0.3 is 8.80 Å². The van der Waals surface area contributed by atoms with Gasteiger partial charge in [0.2, 0.25) is 0 Å². The first-order chi connectivity index (χ1) is 32.9. The lowest BCUT2D eigenvalue weighted by atomic mass is 9.51. The predicted molar refractivity (Wildman–Crippen MR) is 282 cm³/mol. The molecule has 0 aliphatic heterocycles. The molecule has 9 aromatic rings. The third-order valence-corrected chi connectivity index (χ3v) is 22.2. The van der Waals surface area contributed by atoms with E-state index in [1.807, 2.05) is 0 Å². The molecule has 0 atom stereocenters. The van der Waals surface area contributed by atoms with E-state index < -0.39 is 0 Å². The number of hydrogen-bond acceptors (Lipinski definition) is 2. The SMILES string of the molecule is CCC1(c2cc3c4cc5c(cc4n4c6cc(C#N)c7c(c6c(c2)c34)C2(C)CCC7(C)CC2)c2cc(C3(CC)CCCCC3)cc3c4c6c(c(C#N)cc4n5c23)C2(C)CCC6(C)CC2)CCCCC1. The Hall–Kier alpha value is -5.32. The van der Waals surface area contributed by atoms with Gasteiger partial charge in [-0.05, 0) is 204 Å². The van der Waals surface area contributed by atoms with Crippen molar-refractivity contribution >= 4 is 76.2 Å². The molecule has 4 fully saturated rings. The molecule has 17 rings (SSSR count). The maximum Gasteiger partial charge on any atom is 0.0995 e. The van der Waals surface area contributed by atoms with Gasteiger partial charge in [0, 0.05) is 43.1 Å². The van der Waals surface area contributed by atoms with E-state index in [0.717, 1.165) is 24.0 Å². The zero-order valence-electron chi connectivity index (χ0n) is 41.5. The van der Waals surface area contributed by atoms with Crippen LogP contribution in [0.4, 0.5) is 0 Å². The van der Waals surface area contributed by atoms with Gasteiger partial charge in [0.1, 0.15) is 0 Å². The zero-order valence-corrected chi connectivity index (χ0v) is 41.5. The van der Waals surface area contributed by atoms with Crippen LogP contribution < -0.4 is 0 Å². The topological polar surface area (TPSA) is 56.4 Å². The molecule has 4 aromatic heterocycles. The van der Waals surface area contributed by atoms with Crippen LogP contribution in [0.1, 0.15) is 214 Å². The average Bonchev–Trinajstić information content (AvgIpc) is 4.09. The third-order valence-electron chi connectivity index (χ3n) is 22.2. The molecule has 4 nitrogen and oxygen atoms in total. The second-order valence-corrected chi connectivity index (χ2v) is 25.4. The van der Waals surface area contributed by atoms with Crippen molar-refractivity contribution < 1.29 is 0 Å². The van der Waals surface area contributed by atoms with Crippen LogP contribution in [0.25, 0.3) is 76.2 Å². The molecule has 342 valence electrons. The molecule has 0 unspecified atom stereocenters. The Morgan fingerprint density at radius 2 is 0.735 bits per heavy atom. The molecule has 68 heavy (non-hydrogen) atoms. The summed E-state index contributed by atoms with van der Waals surface area (Å²) < 4.78 is 5.27. The number of rotatable bonds is 4. The van der Waals surface area contributed by atoms with E-state index in [1.54, 1.807) is 0 Å². The fourth-order valence-corrected chi connectivity index (χ4v) is 18.0. The smallest absolute Gasteiger partial charge is 0.0995 e. The standard InChI is InChI=1S/C64H66N4/c1-7-63(15-11-9-12-16-63)39-29-43-41-33-48-42(34-47(41)67-49-27-37(35-65)53-55(51(49)45(31-39)57(43)67)61(5)23-19-59(53,3)20-24-61)44-30-40(64(8-2)17-13-10-14-18-64)32-46-52-50(68(48)58(44)46)28-38(36-66)54-56(52)62(6)25-21-60(54,4)22-26-62/h27-34H,7-26H2,1-6H3. The zero-order chi connectivity index (χ0) is 46.1. The van der Waals surface area contributed by atoms with Crippen LogP contribution in [0.2, 0.25) is 0 Å². The summed E-state index contributed by atoms with van der Waals surface area (Å²) >= 11 is 0.